The standard InChI is InChI=1S/C24H27N3O2S/c1-15(25-16(2)28)17-6-8-18(9-7-17)21-14-30-23(26-21)27-22(29)19-10-12-20(13-11-19)24(3,4)5/h6-15H,1-5H3,(H,25,28)(H,26,27,29)/t15-/m1/s1. The van der Waals surface area contributed by atoms with Gasteiger partial charge in [0.15, 0.2) is 5.13 Å². The first-order chi connectivity index (χ1) is 14.1. The smallest absolute Gasteiger partial charge is 0.257 e. The minimum atomic E-state index is -0.171. The zero-order valence-corrected chi connectivity index (χ0v) is 18.8. The second-order valence-electron chi connectivity index (χ2n) is 8.36. The molecule has 0 aliphatic heterocycles. The second kappa shape index (κ2) is 8.79. The van der Waals surface area contributed by atoms with Gasteiger partial charge in [-0.15, -0.1) is 11.3 Å². The Hall–Kier alpha value is -2.99. The van der Waals surface area contributed by atoms with E-state index in [0.717, 1.165) is 16.8 Å². The van der Waals surface area contributed by atoms with Gasteiger partial charge < -0.3 is 5.32 Å². The van der Waals surface area contributed by atoms with E-state index in [9.17, 15) is 9.59 Å². The summed E-state index contributed by atoms with van der Waals surface area (Å²) in [6.07, 6.45) is 0. The minimum Gasteiger partial charge on any atom is -0.350 e. The lowest BCUT2D eigenvalue weighted by Crippen LogP contribution is -2.23. The maximum Gasteiger partial charge on any atom is 0.257 e. The van der Waals surface area contributed by atoms with E-state index in [0.29, 0.717) is 10.7 Å². The van der Waals surface area contributed by atoms with Crippen LogP contribution in [0.2, 0.25) is 0 Å². The van der Waals surface area contributed by atoms with Crippen molar-refractivity contribution in [2.24, 2.45) is 0 Å². The fourth-order valence-corrected chi connectivity index (χ4v) is 3.80. The first-order valence-corrected chi connectivity index (χ1v) is 10.8. The average Bonchev–Trinajstić information content (AvgIpc) is 3.15. The van der Waals surface area contributed by atoms with Crippen LogP contribution in [0.4, 0.5) is 5.13 Å². The minimum absolute atomic E-state index is 0.0495. The summed E-state index contributed by atoms with van der Waals surface area (Å²) in [5.74, 6) is -0.227. The Morgan fingerprint density at radius 1 is 1.00 bits per heavy atom. The van der Waals surface area contributed by atoms with E-state index in [-0.39, 0.29) is 23.3 Å². The fraction of sp³-hybridized carbons (Fsp3) is 0.292. The topological polar surface area (TPSA) is 71.1 Å². The summed E-state index contributed by atoms with van der Waals surface area (Å²) in [6.45, 7) is 9.89. The molecule has 2 N–H and O–H groups in total. The lowest BCUT2D eigenvalue weighted by Gasteiger charge is -2.18. The molecule has 1 aromatic heterocycles. The van der Waals surface area contributed by atoms with Gasteiger partial charge in [0.2, 0.25) is 5.91 Å². The van der Waals surface area contributed by atoms with E-state index in [1.165, 1.54) is 23.8 Å². The molecule has 3 rings (SSSR count). The molecule has 0 unspecified atom stereocenters. The van der Waals surface area contributed by atoms with Crippen LogP contribution in [0.25, 0.3) is 11.3 Å². The molecule has 2 aromatic carbocycles. The summed E-state index contributed by atoms with van der Waals surface area (Å²) in [5.41, 5.74) is 4.63. The van der Waals surface area contributed by atoms with Crippen LogP contribution < -0.4 is 10.6 Å². The molecule has 0 aliphatic carbocycles. The number of amides is 2. The third kappa shape index (κ3) is 5.33. The van der Waals surface area contributed by atoms with Crippen molar-refractivity contribution in [2.75, 3.05) is 5.32 Å². The molecule has 0 bridgehead atoms. The van der Waals surface area contributed by atoms with E-state index in [4.69, 9.17) is 0 Å². The molecular formula is C24H27N3O2S. The number of carbonyl (C=O) groups excluding carboxylic acids is 2. The maximum absolute atomic E-state index is 12.5. The molecule has 0 radical (unpaired) electrons. The van der Waals surface area contributed by atoms with E-state index in [1.54, 1.807) is 0 Å². The summed E-state index contributed by atoms with van der Waals surface area (Å²) in [4.78, 5) is 28.3. The molecule has 6 heteroatoms. The van der Waals surface area contributed by atoms with Gasteiger partial charge in [-0.1, -0.05) is 57.2 Å². The van der Waals surface area contributed by atoms with E-state index < -0.39 is 0 Å². The van der Waals surface area contributed by atoms with Crippen LogP contribution in [0.5, 0.6) is 0 Å². The molecule has 0 spiro atoms. The van der Waals surface area contributed by atoms with Gasteiger partial charge in [-0.05, 0) is 35.6 Å². The Morgan fingerprint density at radius 3 is 2.20 bits per heavy atom. The van der Waals surface area contributed by atoms with Crippen LogP contribution in [-0.2, 0) is 10.2 Å². The quantitative estimate of drug-likeness (QED) is 0.567. The van der Waals surface area contributed by atoms with Gasteiger partial charge in [-0.3, -0.25) is 14.9 Å². The predicted octanol–water partition coefficient (Wildman–Crippen LogP) is 5.56. The number of carbonyl (C=O) groups is 2. The van der Waals surface area contributed by atoms with Crippen LogP contribution in [0.3, 0.4) is 0 Å². The Morgan fingerprint density at radius 2 is 1.63 bits per heavy atom. The molecule has 0 aliphatic rings. The van der Waals surface area contributed by atoms with Gasteiger partial charge >= 0.3 is 0 Å². The number of benzene rings is 2. The van der Waals surface area contributed by atoms with Gasteiger partial charge in [0, 0.05) is 23.4 Å². The van der Waals surface area contributed by atoms with Crippen LogP contribution in [0.1, 0.15) is 62.1 Å². The van der Waals surface area contributed by atoms with Crippen LogP contribution >= 0.6 is 11.3 Å². The van der Waals surface area contributed by atoms with E-state index in [1.807, 2.05) is 60.8 Å². The lowest BCUT2D eigenvalue weighted by atomic mass is 9.87. The maximum atomic E-state index is 12.5. The van der Waals surface area contributed by atoms with Gasteiger partial charge in [0.1, 0.15) is 0 Å². The molecule has 156 valence electrons. The molecule has 0 fully saturated rings. The molecule has 30 heavy (non-hydrogen) atoms. The summed E-state index contributed by atoms with van der Waals surface area (Å²) in [7, 11) is 0. The van der Waals surface area contributed by atoms with Gasteiger partial charge in [-0.2, -0.15) is 0 Å². The van der Waals surface area contributed by atoms with Gasteiger partial charge in [0.25, 0.3) is 5.91 Å². The first-order valence-electron chi connectivity index (χ1n) is 9.88. The molecule has 1 atom stereocenters. The second-order valence-corrected chi connectivity index (χ2v) is 9.22. The molecule has 2 amide bonds. The highest BCUT2D eigenvalue weighted by Gasteiger charge is 2.15. The Kier molecular flexibility index (Phi) is 6.37. The lowest BCUT2D eigenvalue weighted by molar-refractivity contribution is -0.119. The van der Waals surface area contributed by atoms with Crippen LogP contribution in [-0.4, -0.2) is 16.8 Å². The molecule has 1 heterocycles. The number of hydrogen-bond donors (Lipinski definition) is 2. The van der Waals surface area contributed by atoms with Crippen molar-refractivity contribution in [3.05, 3.63) is 70.6 Å². The largest absolute Gasteiger partial charge is 0.350 e. The zero-order valence-electron chi connectivity index (χ0n) is 17.9. The number of nitrogens with zero attached hydrogens (tertiary/aromatic N) is 1. The number of rotatable bonds is 5. The third-order valence-corrected chi connectivity index (χ3v) is 5.62. The highest BCUT2D eigenvalue weighted by atomic mass is 32.1. The van der Waals surface area contributed by atoms with E-state index in [2.05, 4.69) is 36.4 Å². The number of hydrogen-bond acceptors (Lipinski definition) is 4. The van der Waals surface area contributed by atoms with Crippen molar-refractivity contribution in [3.8, 4) is 11.3 Å². The van der Waals surface area contributed by atoms with Crippen molar-refractivity contribution in [1.29, 1.82) is 0 Å². The van der Waals surface area contributed by atoms with Crippen molar-refractivity contribution in [1.82, 2.24) is 10.3 Å². The summed E-state index contributed by atoms with van der Waals surface area (Å²) in [5, 5.41) is 8.23. The third-order valence-electron chi connectivity index (χ3n) is 4.86. The highest BCUT2D eigenvalue weighted by Crippen LogP contribution is 2.27. The van der Waals surface area contributed by atoms with Gasteiger partial charge in [-0.25, -0.2) is 4.98 Å². The van der Waals surface area contributed by atoms with Crippen LogP contribution in [0.15, 0.2) is 53.9 Å². The van der Waals surface area contributed by atoms with Crippen molar-refractivity contribution >= 4 is 28.3 Å². The molecular weight excluding hydrogens is 394 g/mol. The van der Waals surface area contributed by atoms with Crippen molar-refractivity contribution < 1.29 is 9.59 Å². The number of aromatic nitrogens is 1. The molecule has 0 saturated heterocycles. The first kappa shape index (κ1) is 21.7. The zero-order chi connectivity index (χ0) is 21.9. The highest BCUT2D eigenvalue weighted by molar-refractivity contribution is 7.14. The average molecular weight is 422 g/mol. The van der Waals surface area contributed by atoms with Crippen molar-refractivity contribution in [3.63, 3.8) is 0 Å². The van der Waals surface area contributed by atoms with Crippen molar-refractivity contribution in [2.45, 2.75) is 46.1 Å². The predicted molar refractivity (Wildman–Crippen MR) is 123 cm³/mol. The van der Waals surface area contributed by atoms with Crippen LogP contribution in [0, 0.1) is 0 Å². The number of nitrogens with one attached hydrogen (secondary N) is 2. The Bertz CT molecular complexity index is 1030. The number of anilines is 1. The normalized spacial score (nSPS) is 12.3. The number of thiazole rings is 1. The Labute approximate surface area is 181 Å². The monoisotopic (exact) mass is 421 g/mol. The SMILES string of the molecule is CC(=O)N[C@H](C)c1ccc(-c2csc(NC(=O)c3ccc(C(C)(C)C)cc3)n2)cc1. The molecule has 5 nitrogen and oxygen atoms in total. The molecule has 0 saturated carbocycles. The summed E-state index contributed by atoms with van der Waals surface area (Å²) >= 11 is 1.39. The summed E-state index contributed by atoms with van der Waals surface area (Å²) in [6, 6.07) is 15.5. The fourth-order valence-electron chi connectivity index (χ4n) is 3.09. The summed E-state index contributed by atoms with van der Waals surface area (Å²) < 4.78 is 0. The van der Waals surface area contributed by atoms with E-state index >= 15 is 0 Å². The molecule has 3 aromatic rings. The Balaban J connectivity index is 1.67. The van der Waals surface area contributed by atoms with Gasteiger partial charge in [0.05, 0.1) is 11.7 Å².